The number of carboxylic acids is 1. The Balaban J connectivity index is 2.46. The number of hydrogen-bond acceptors (Lipinski definition) is 4. The topological polar surface area (TPSA) is 88.2 Å². The first-order chi connectivity index (χ1) is 8.15. The van der Waals surface area contributed by atoms with Crippen LogP contribution in [0.4, 0.5) is 11.5 Å². The van der Waals surface area contributed by atoms with Crippen molar-refractivity contribution in [3.05, 3.63) is 17.8 Å². The summed E-state index contributed by atoms with van der Waals surface area (Å²) in [6.45, 7) is 2.97. The van der Waals surface area contributed by atoms with Crippen LogP contribution in [0.25, 0.3) is 0 Å². The third-order valence-corrected chi connectivity index (χ3v) is 2.49. The number of aromatic nitrogens is 1. The molecule has 1 rings (SSSR count). The van der Waals surface area contributed by atoms with Crippen LogP contribution in [-0.2, 0) is 0 Å². The molecule has 0 saturated heterocycles. The van der Waals surface area contributed by atoms with Crippen LogP contribution in [0.15, 0.2) is 12.3 Å². The Morgan fingerprint density at radius 1 is 1.47 bits per heavy atom. The summed E-state index contributed by atoms with van der Waals surface area (Å²) in [7, 11) is 0. The highest BCUT2D eigenvalue weighted by molar-refractivity contribution is 5.89. The van der Waals surface area contributed by atoms with E-state index in [1.165, 1.54) is 31.5 Å². The van der Waals surface area contributed by atoms with Crippen LogP contribution >= 0.6 is 0 Å². The molecular weight excluding hydrogens is 218 g/mol. The zero-order chi connectivity index (χ0) is 12.7. The third kappa shape index (κ3) is 4.30. The van der Waals surface area contributed by atoms with Gasteiger partial charge in [0.25, 0.3) is 0 Å². The molecule has 0 bridgehead atoms. The van der Waals surface area contributed by atoms with E-state index < -0.39 is 5.97 Å². The summed E-state index contributed by atoms with van der Waals surface area (Å²) in [5.41, 5.74) is 6.20. The number of anilines is 2. The van der Waals surface area contributed by atoms with Gasteiger partial charge in [0.1, 0.15) is 5.82 Å². The van der Waals surface area contributed by atoms with Crippen molar-refractivity contribution in [1.29, 1.82) is 0 Å². The average molecular weight is 237 g/mol. The number of nitrogens with one attached hydrogen (secondary N) is 1. The van der Waals surface area contributed by atoms with Crippen molar-refractivity contribution in [3.8, 4) is 0 Å². The van der Waals surface area contributed by atoms with Gasteiger partial charge in [-0.05, 0) is 12.5 Å². The summed E-state index contributed by atoms with van der Waals surface area (Å²) in [5, 5.41) is 11.9. The highest BCUT2D eigenvalue weighted by atomic mass is 16.4. The van der Waals surface area contributed by atoms with Gasteiger partial charge in [0.15, 0.2) is 0 Å². The van der Waals surface area contributed by atoms with Gasteiger partial charge in [0, 0.05) is 12.7 Å². The molecule has 0 spiro atoms. The van der Waals surface area contributed by atoms with Crippen LogP contribution in [0.1, 0.15) is 43.0 Å². The number of carboxylic acid groups (broad SMARTS) is 1. The molecular formula is C12H19N3O2. The standard InChI is InChI=1S/C12H19N3O2/c1-2-3-4-5-6-14-11-10(13)7-9(8-15-11)12(16)17/h7-8H,2-6,13H2,1H3,(H,14,15)(H,16,17). The van der Waals surface area contributed by atoms with E-state index in [2.05, 4.69) is 17.2 Å². The molecule has 0 aliphatic rings. The molecule has 4 N–H and O–H groups in total. The molecule has 0 aliphatic carbocycles. The van der Waals surface area contributed by atoms with Crippen LogP contribution in [0, 0.1) is 0 Å². The van der Waals surface area contributed by atoms with E-state index in [0.717, 1.165) is 13.0 Å². The normalized spacial score (nSPS) is 10.2. The van der Waals surface area contributed by atoms with Gasteiger partial charge in [-0.2, -0.15) is 0 Å². The Morgan fingerprint density at radius 2 is 2.24 bits per heavy atom. The lowest BCUT2D eigenvalue weighted by Gasteiger charge is -2.08. The predicted octanol–water partition coefficient (Wildman–Crippen LogP) is 2.35. The second-order valence-corrected chi connectivity index (χ2v) is 3.95. The van der Waals surface area contributed by atoms with Gasteiger partial charge in [-0.15, -0.1) is 0 Å². The van der Waals surface area contributed by atoms with E-state index in [1.54, 1.807) is 0 Å². The second kappa shape index (κ2) is 6.73. The first kappa shape index (κ1) is 13.3. The minimum absolute atomic E-state index is 0.110. The summed E-state index contributed by atoms with van der Waals surface area (Å²) in [4.78, 5) is 14.7. The molecule has 0 unspecified atom stereocenters. The van der Waals surface area contributed by atoms with Crippen molar-refractivity contribution in [2.24, 2.45) is 0 Å². The number of aromatic carboxylic acids is 1. The van der Waals surface area contributed by atoms with Crippen molar-refractivity contribution in [1.82, 2.24) is 4.98 Å². The van der Waals surface area contributed by atoms with Crippen molar-refractivity contribution >= 4 is 17.5 Å². The summed E-state index contributed by atoms with van der Waals surface area (Å²) < 4.78 is 0. The predicted molar refractivity (Wildman–Crippen MR) is 68.2 cm³/mol. The largest absolute Gasteiger partial charge is 0.478 e. The van der Waals surface area contributed by atoms with Gasteiger partial charge in [-0.25, -0.2) is 9.78 Å². The van der Waals surface area contributed by atoms with E-state index in [1.807, 2.05) is 0 Å². The number of carbonyl (C=O) groups is 1. The van der Waals surface area contributed by atoms with Gasteiger partial charge in [0.05, 0.1) is 11.3 Å². The minimum atomic E-state index is -1.02. The first-order valence-corrected chi connectivity index (χ1v) is 5.87. The lowest BCUT2D eigenvalue weighted by Crippen LogP contribution is -2.08. The average Bonchev–Trinajstić information content (AvgIpc) is 2.30. The van der Waals surface area contributed by atoms with Crippen LogP contribution < -0.4 is 11.1 Å². The number of nitrogen functional groups attached to an aromatic ring is 1. The maximum absolute atomic E-state index is 10.7. The van der Waals surface area contributed by atoms with E-state index >= 15 is 0 Å². The minimum Gasteiger partial charge on any atom is -0.478 e. The number of hydrogen-bond donors (Lipinski definition) is 3. The fourth-order valence-corrected chi connectivity index (χ4v) is 1.51. The summed E-state index contributed by atoms with van der Waals surface area (Å²) in [6.07, 6.45) is 5.98. The quantitative estimate of drug-likeness (QED) is 0.633. The van der Waals surface area contributed by atoms with Crippen LogP contribution in [-0.4, -0.2) is 22.6 Å². The van der Waals surface area contributed by atoms with Crippen molar-refractivity contribution in [2.75, 3.05) is 17.6 Å². The number of pyridine rings is 1. The molecule has 5 nitrogen and oxygen atoms in total. The van der Waals surface area contributed by atoms with Crippen molar-refractivity contribution < 1.29 is 9.90 Å². The van der Waals surface area contributed by atoms with Crippen LogP contribution in [0.5, 0.6) is 0 Å². The Kier molecular flexibility index (Phi) is 5.26. The number of nitrogens with zero attached hydrogens (tertiary/aromatic N) is 1. The highest BCUT2D eigenvalue weighted by Crippen LogP contribution is 2.16. The molecule has 0 saturated carbocycles. The smallest absolute Gasteiger partial charge is 0.337 e. The number of rotatable bonds is 7. The van der Waals surface area contributed by atoms with Gasteiger partial charge in [-0.1, -0.05) is 26.2 Å². The van der Waals surface area contributed by atoms with E-state index in [-0.39, 0.29) is 5.56 Å². The molecule has 0 aliphatic heterocycles. The molecule has 1 aromatic rings. The van der Waals surface area contributed by atoms with Crippen molar-refractivity contribution in [3.63, 3.8) is 0 Å². The SMILES string of the molecule is CCCCCCNc1ncc(C(=O)O)cc1N. The monoisotopic (exact) mass is 237 g/mol. The maximum atomic E-state index is 10.7. The Hall–Kier alpha value is -1.78. The maximum Gasteiger partial charge on any atom is 0.337 e. The zero-order valence-corrected chi connectivity index (χ0v) is 10.1. The zero-order valence-electron chi connectivity index (χ0n) is 10.1. The Labute approximate surface area is 101 Å². The first-order valence-electron chi connectivity index (χ1n) is 5.87. The lowest BCUT2D eigenvalue weighted by molar-refractivity contribution is 0.0696. The van der Waals surface area contributed by atoms with Crippen molar-refractivity contribution in [2.45, 2.75) is 32.6 Å². The summed E-state index contributed by atoms with van der Waals surface area (Å²) >= 11 is 0. The third-order valence-electron chi connectivity index (χ3n) is 2.49. The van der Waals surface area contributed by atoms with Gasteiger partial charge < -0.3 is 16.2 Å². The molecule has 0 aromatic carbocycles. The molecule has 1 aromatic heterocycles. The summed E-state index contributed by atoms with van der Waals surface area (Å²) in [6, 6.07) is 1.42. The fourth-order valence-electron chi connectivity index (χ4n) is 1.51. The van der Waals surface area contributed by atoms with E-state index in [0.29, 0.717) is 11.5 Å². The molecule has 1 heterocycles. The fraction of sp³-hybridized carbons (Fsp3) is 0.500. The molecule has 0 fully saturated rings. The molecule has 94 valence electrons. The van der Waals surface area contributed by atoms with Gasteiger partial charge >= 0.3 is 5.97 Å². The number of nitrogens with two attached hydrogens (primary N) is 1. The van der Waals surface area contributed by atoms with E-state index in [4.69, 9.17) is 10.8 Å². The van der Waals surface area contributed by atoms with Crippen LogP contribution in [0.3, 0.4) is 0 Å². The number of unbranched alkanes of at least 4 members (excludes halogenated alkanes) is 3. The summed E-state index contributed by atoms with van der Waals surface area (Å²) in [5.74, 6) is -0.454. The van der Waals surface area contributed by atoms with Gasteiger partial charge in [-0.3, -0.25) is 0 Å². The highest BCUT2D eigenvalue weighted by Gasteiger charge is 2.06. The lowest BCUT2D eigenvalue weighted by atomic mass is 10.2. The molecule has 0 amide bonds. The Bertz CT molecular complexity index is 380. The molecule has 5 heteroatoms. The van der Waals surface area contributed by atoms with Gasteiger partial charge in [0.2, 0.25) is 0 Å². The van der Waals surface area contributed by atoms with Crippen LogP contribution in [0.2, 0.25) is 0 Å². The van der Waals surface area contributed by atoms with E-state index in [9.17, 15) is 4.79 Å². The second-order valence-electron chi connectivity index (χ2n) is 3.95. The molecule has 17 heavy (non-hydrogen) atoms. The molecule has 0 atom stereocenters. The molecule has 0 radical (unpaired) electrons. The Morgan fingerprint density at radius 3 is 2.82 bits per heavy atom.